The van der Waals surface area contributed by atoms with E-state index < -0.39 is 5.60 Å². The van der Waals surface area contributed by atoms with Gasteiger partial charge in [0.25, 0.3) is 5.91 Å². The molecule has 3 N–H and O–H groups in total. The number of carbonyl (C=O) groups is 1. The minimum atomic E-state index is -0.902. The van der Waals surface area contributed by atoms with Gasteiger partial charge in [-0.3, -0.25) is 4.79 Å². The minimum absolute atomic E-state index is 0.203. The molecule has 0 spiro atoms. The molecule has 2 rings (SSSR count). The lowest BCUT2D eigenvalue weighted by molar-refractivity contribution is 0.0518. The number of carbonyl (C=O) groups excluding carboxylic acids is 1. The maximum Gasteiger partial charge on any atom is 0.251 e. The molecule has 0 bridgehead atoms. The summed E-state index contributed by atoms with van der Waals surface area (Å²) < 4.78 is 0. The zero-order valence-electron chi connectivity index (χ0n) is 11.4. The zero-order chi connectivity index (χ0) is 14.6. The average Bonchev–Trinajstić information content (AvgIpc) is 2.99. The fraction of sp³-hybridized carbons (Fsp3) is 0.385. The zero-order valence-corrected chi connectivity index (χ0v) is 11.4. The molecule has 1 aromatic heterocycles. The molecule has 1 atom stereocenters. The molecule has 20 heavy (non-hydrogen) atoms. The van der Waals surface area contributed by atoms with Gasteiger partial charge in [-0.1, -0.05) is 19.1 Å². The van der Waals surface area contributed by atoms with E-state index in [9.17, 15) is 9.90 Å². The Balaban J connectivity index is 2.09. The Morgan fingerprint density at radius 3 is 2.95 bits per heavy atom. The lowest BCUT2D eigenvalue weighted by Gasteiger charge is -2.21. The number of nitrogens with zero attached hydrogens (tertiary/aromatic N) is 3. The third-order valence-corrected chi connectivity index (χ3v) is 3.12. The summed E-state index contributed by atoms with van der Waals surface area (Å²) in [5, 5.41) is 26.2. The highest BCUT2D eigenvalue weighted by molar-refractivity contribution is 5.95. The standard InChI is InChI=1S/C13H17N5O2/c1-3-13(2,20)8-14-12(19)10-6-4-5-9(7-10)11-15-17-18-16-11/h4-7,20H,3,8H2,1-2H3,(H,14,19)(H,15,16,17,18). The molecule has 106 valence electrons. The lowest BCUT2D eigenvalue weighted by atomic mass is 10.0. The molecule has 0 aliphatic carbocycles. The number of aliphatic hydroxyl groups is 1. The number of aromatic nitrogens is 4. The minimum Gasteiger partial charge on any atom is -0.388 e. The van der Waals surface area contributed by atoms with Crippen molar-refractivity contribution in [1.29, 1.82) is 0 Å². The number of hydrogen-bond donors (Lipinski definition) is 3. The summed E-state index contributed by atoms with van der Waals surface area (Å²) in [6.45, 7) is 3.75. The highest BCUT2D eigenvalue weighted by atomic mass is 16.3. The SMILES string of the molecule is CCC(C)(O)CNC(=O)c1cccc(-c2nn[nH]n2)c1. The fourth-order valence-corrected chi connectivity index (χ4v) is 1.58. The first-order valence-corrected chi connectivity index (χ1v) is 6.36. The van der Waals surface area contributed by atoms with Crippen LogP contribution in [0.4, 0.5) is 0 Å². The molecular weight excluding hydrogens is 258 g/mol. The maximum atomic E-state index is 12.0. The van der Waals surface area contributed by atoms with E-state index in [1.54, 1.807) is 31.2 Å². The van der Waals surface area contributed by atoms with Crippen molar-refractivity contribution in [3.63, 3.8) is 0 Å². The highest BCUT2D eigenvalue weighted by Gasteiger charge is 2.19. The van der Waals surface area contributed by atoms with Gasteiger partial charge in [-0.2, -0.15) is 5.21 Å². The van der Waals surface area contributed by atoms with Gasteiger partial charge in [-0.05, 0) is 30.7 Å². The van der Waals surface area contributed by atoms with Crippen LogP contribution in [0.2, 0.25) is 0 Å². The van der Waals surface area contributed by atoms with Crippen LogP contribution in [0.1, 0.15) is 30.6 Å². The summed E-state index contributed by atoms with van der Waals surface area (Å²) in [5.74, 6) is 0.185. The topological polar surface area (TPSA) is 104 Å². The number of H-pyrrole nitrogens is 1. The van der Waals surface area contributed by atoms with E-state index in [-0.39, 0.29) is 12.5 Å². The van der Waals surface area contributed by atoms with E-state index in [0.717, 1.165) is 0 Å². The van der Waals surface area contributed by atoms with Crippen molar-refractivity contribution in [3.05, 3.63) is 29.8 Å². The first kappa shape index (κ1) is 14.1. The number of aromatic amines is 1. The van der Waals surface area contributed by atoms with Crippen molar-refractivity contribution in [2.45, 2.75) is 25.9 Å². The largest absolute Gasteiger partial charge is 0.388 e. The average molecular weight is 275 g/mol. The molecule has 1 amide bonds. The summed E-state index contributed by atoms with van der Waals surface area (Å²) >= 11 is 0. The Morgan fingerprint density at radius 1 is 1.50 bits per heavy atom. The number of tetrazole rings is 1. The van der Waals surface area contributed by atoms with Crippen LogP contribution >= 0.6 is 0 Å². The van der Waals surface area contributed by atoms with Crippen LogP contribution in [0.5, 0.6) is 0 Å². The van der Waals surface area contributed by atoms with Gasteiger partial charge >= 0.3 is 0 Å². The van der Waals surface area contributed by atoms with Crippen molar-refractivity contribution >= 4 is 5.91 Å². The Hall–Kier alpha value is -2.28. The molecule has 0 aliphatic rings. The van der Waals surface area contributed by atoms with E-state index in [1.165, 1.54) is 0 Å². The van der Waals surface area contributed by atoms with Gasteiger partial charge < -0.3 is 10.4 Å². The first-order valence-electron chi connectivity index (χ1n) is 6.36. The van der Waals surface area contributed by atoms with Gasteiger partial charge in [-0.25, -0.2) is 0 Å². The Bertz CT molecular complexity index is 580. The predicted octanol–water partition coefficient (Wildman–Crippen LogP) is 0.757. The summed E-state index contributed by atoms with van der Waals surface area (Å²) in [5.41, 5.74) is 0.286. The molecule has 1 aromatic carbocycles. The van der Waals surface area contributed by atoms with Crippen LogP contribution in [-0.4, -0.2) is 43.8 Å². The number of amides is 1. The van der Waals surface area contributed by atoms with Crippen LogP contribution in [0, 0.1) is 0 Å². The van der Waals surface area contributed by atoms with Gasteiger partial charge in [0.1, 0.15) is 0 Å². The number of rotatable bonds is 5. The van der Waals surface area contributed by atoms with Crippen LogP contribution in [0.15, 0.2) is 24.3 Å². The molecular formula is C13H17N5O2. The van der Waals surface area contributed by atoms with Crippen LogP contribution in [-0.2, 0) is 0 Å². The lowest BCUT2D eigenvalue weighted by Crippen LogP contribution is -2.40. The van der Waals surface area contributed by atoms with Crippen molar-refractivity contribution in [3.8, 4) is 11.4 Å². The molecule has 7 heteroatoms. The van der Waals surface area contributed by atoms with E-state index in [2.05, 4.69) is 25.9 Å². The first-order chi connectivity index (χ1) is 9.52. The van der Waals surface area contributed by atoms with E-state index in [1.807, 2.05) is 6.92 Å². The van der Waals surface area contributed by atoms with Gasteiger partial charge in [0.05, 0.1) is 5.60 Å². The summed E-state index contributed by atoms with van der Waals surface area (Å²) in [4.78, 5) is 12.0. The van der Waals surface area contributed by atoms with E-state index >= 15 is 0 Å². The second-order valence-electron chi connectivity index (χ2n) is 4.85. The van der Waals surface area contributed by atoms with Gasteiger partial charge in [0.2, 0.25) is 5.82 Å². The monoisotopic (exact) mass is 275 g/mol. The smallest absolute Gasteiger partial charge is 0.251 e. The third kappa shape index (κ3) is 3.39. The Labute approximate surface area is 116 Å². The van der Waals surface area contributed by atoms with Crippen LogP contribution in [0.3, 0.4) is 0 Å². The second-order valence-corrected chi connectivity index (χ2v) is 4.85. The molecule has 0 radical (unpaired) electrons. The Kier molecular flexibility index (Phi) is 4.09. The summed E-state index contributed by atoms with van der Waals surface area (Å²) in [7, 11) is 0. The summed E-state index contributed by atoms with van der Waals surface area (Å²) in [6, 6.07) is 6.92. The molecule has 0 aliphatic heterocycles. The Morgan fingerprint density at radius 2 is 2.30 bits per heavy atom. The molecule has 0 saturated heterocycles. The van der Waals surface area contributed by atoms with Gasteiger partial charge in [0, 0.05) is 17.7 Å². The third-order valence-electron chi connectivity index (χ3n) is 3.12. The van der Waals surface area contributed by atoms with Crippen molar-refractivity contribution in [2.24, 2.45) is 0 Å². The summed E-state index contributed by atoms with van der Waals surface area (Å²) in [6.07, 6.45) is 0.566. The second kappa shape index (κ2) is 5.79. The van der Waals surface area contributed by atoms with Crippen molar-refractivity contribution in [2.75, 3.05) is 6.54 Å². The molecule has 1 heterocycles. The maximum absolute atomic E-state index is 12.0. The normalized spacial score (nSPS) is 13.8. The highest BCUT2D eigenvalue weighted by Crippen LogP contribution is 2.15. The van der Waals surface area contributed by atoms with E-state index in [4.69, 9.17) is 0 Å². The number of hydrogen-bond acceptors (Lipinski definition) is 5. The molecule has 0 fully saturated rings. The fourth-order valence-electron chi connectivity index (χ4n) is 1.58. The van der Waals surface area contributed by atoms with Gasteiger partial charge in [-0.15, -0.1) is 10.2 Å². The molecule has 0 saturated carbocycles. The van der Waals surface area contributed by atoms with Crippen LogP contribution in [0.25, 0.3) is 11.4 Å². The quantitative estimate of drug-likeness (QED) is 0.747. The number of benzene rings is 1. The van der Waals surface area contributed by atoms with Crippen LogP contribution < -0.4 is 5.32 Å². The molecule has 1 unspecified atom stereocenters. The predicted molar refractivity (Wildman–Crippen MR) is 72.9 cm³/mol. The van der Waals surface area contributed by atoms with Crippen molar-refractivity contribution < 1.29 is 9.90 Å². The molecule has 7 nitrogen and oxygen atoms in total. The molecule has 2 aromatic rings. The van der Waals surface area contributed by atoms with Crippen molar-refractivity contribution in [1.82, 2.24) is 25.9 Å². The number of nitrogens with one attached hydrogen (secondary N) is 2. The van der Waals surface area contributed by atoms with E-state index in [0.29, 0.717) is 23.4 Å². The van der Waals surface area contributed by atoms with Gasteiger partial charge in [0.15, 0.2) is 0 Å².